The maximum Gasteiger partial charge on any atom is 0.490 e. The predicted octanol–water partition coefficient (Wildman–Crippen LogP) is 3.59. The van der Waals surface area contributed by atoms with E-state index in [2.05, 4.69) is 20.5 Å². The molecule has 4 rings (SSSR count). The van der Waals surface area contributed by atoms with E-state index in [1.165, 1.54) is 0 Å². The number of nitrogens with two attached hydrogens (primary N) is 1. The molecule has 3 aromatic rings. The molecule has 0 aliphatic carbocycles. The lowest BCUT2D eigenvalue weighted by Crippen LogP contribution is -2.43. The van der Waals surface area contributed by atoms with Gasteiger partial charge >= 0.3 is 12.1 Å². The fraction of sp³-hybridized carbons (Fsp3) is 0.364. The maximum atomic E-state index is 10.6. The Kier molecular flexibility index (Phi) is 7.58. The van der Waals surface area contributed by atoms with E-state index in [4.69, 9.17) is 27.9 Å². The van der Waals surface area contributed by atoms with Gasteiger partial charge in [0, 0.05) is 32.4 Å². The first-order valence-corrected chi connectivity index (χ1v) is 10.8. The second kappa shape index (κ2) is 10.2. The van der Waals surface area contributed by atoms with E-state index in [1.54, 1.807) is 0 Å². The Labute approximate surface area is 198 Å². The van der Waals surface area contributed by atoms with Gasteiger partial charge in [0.15, 0.2) is 10.4 Å². The number of carboxylic acid groups (broad SMARTS) is 1. The normalized spacial score (nSPS) is 16.0. The standard InChI is InChI=1S/C20H22N6S.C2HF3O2/c1-24-19-18(17(8-9-23-19)25-10-4-7-16(22)13-25)26(20(24)27)12-15-6-3-2-5-14(15)11-21;3-2(4,5)1(6)7/h2-3,5-6,8-9,16H,4,7,10,12-13,22H2,1H3;(H,6,7)/t16-;/m1./s1. The average molecular weight is 493 g/mol. The van der Waals surface area contributed by atoms with Gasteiger partial charge in [-0.1, -0.05) is 18.2 Å². The number of pyridine rings is 1. The highest BCUT2D eigenvalue weighted by Gasteiger charge is 2.38. The highest BCUT2D eigenvalue weighted by molar-refractivity contribution is 7.71. The SMILES string of the molecule is Cn1c(=S)n(Cc2ccccc2C#N)c2c(N3CCC[C@@H](N)C3)ccnc21.O=C(O)C(F)(F)F. The van der Waals surface area contributed by atoms with E-state index >= 15 is 0 Å². The van der Waals surface area contributed by atoms with Crippen molar-refractivity contribution in [2.24, 2.45) is 12.8 Å². The van der Waals surface area contributed by atoms with Crippen LogP contribution in [-0.2, 0) is 18.4 Å². The monoisotopic (exact) mass is 492 g/mol. The summed E-state index contributed by atoms with van der Waals surface area (Å²) in [6.07, 6.45) is -1.11. The molecule has 0 bridgehead atoms. The number of aryl methyl sites for hydroxylation is 1. The van der Waals surface area contributed by atoms with Crippen LogP contribution < -0.4 is 10.6 Å². The molecular formula is C22H23F3N6O2S. The first kappa shape index (κ1) is 25.2. The lowest BCUT2D eigenvalue weighted by atomic mass is 10.1. The van der Waals surface area contributed by atoms with Gasteiger partial charge in [-0.05, 0) is 42.8 Å². The van der Waals surface area contributed by atoms with Crippen LogP contribution in [0.25, 0.3) is 11.2 Å². The molecular weight excluding hydrogens is 469 g/mol. The predicted molar refractivity (Wildman–Crippen MR) is 123 cm³/mol. The molecule has 0 spiro atoms. The van der Waals surface area contributed by atoms with Gasteiger partial charge in [-0.2, -0.15) is 18.4 Å². The number of imidazole rings is 1. The summed E-state index contributed by atoms with van der Waals surface area (Å²) in [5.74, 6) is -2.76. The molecule has 0 radical (unpaired) electrons. The molecule has 1 aliphatic rings. The number of rotatable bonds is 3. The zero-order chi connectivity index (χ0) is 25.0. The number of piperidine rings is 1. The second-order valence-corrected chi connectivity index (χ2v) is 8.22. The van der Waals surface area contributed by atoms with Gasteiger partial charge in [0.25, 0.3) is 0 Å². The molecule has 0 unspecified atom stereocenters. The second-order valence-electron chi connectivity index (χ2n) is 7.85. The summed E-state index contributed by atoms with van der Waals surface area (Å²) in [7, 11) is 1.94. The molecule has 34 heavy (non-hydrogen) atoms. The first-order chi connectivity index (χ1) is 16.0. The minimum absolute atomic E-state index is 0.182. The third-order valence-electron chi connectivity index (χ3n) is 5.50. The van der Waals surface area contributed by atoms with Crippen LogP contribution in [0.1, 0.15) is 24.0 Å². The molecule has 180 valence electrons. The topological polar surface area (TPSA) is 113 Å². The van der Waals surface area contributed by atoms with Crippen molar-refractivity contribution in [3.63, 3.8) is 0 Å². The van der Waals surface area contributed by atoms with Crippen LogP contribution in [0, 0.1) is 16.1 Å². The molecule has 8 nitrogen and oxygen atoms in total. The number of carbonyl (C=O) groups is 1. The van der Waals surface area contributed by atoms with E-state index in [9.17, 15) is 18.4 Å². The number of benzene rings is 1. The summed E-state index contributed by atoms with van der Waals surface area (Å²) in [6, 6.07) is 12.2. The Bertz CT molecular complexity index is 1290. The molecule has 3 N–H and O–H groups in total. The molecule has 0 saturated carbocycles. The zero-order valence-electron chi connectivity index (χ0n) is 18.3. The summed E-state index contributed by atoms with van der Waals surface area (Å²) >= 11 is 5.72. The average Bonchev–Trinajstić information content (AvgIpc) is 3.04. The molecule has 1 saturated heterocycles. The number of aromatic nitrogens is 3. The van der Waals surface area contributed by atoms with Crippen LogP contribution in [0.5, 0.6) is 0 Å². The van der Waals surface area contributed by atoms with Gasteiger partial charge in [-0.3, -0.25) is 0 Å². The van der Waals surface area contributed by atoms with Crippen molar-refractivity contribution in [3.8, 4) is 6.07 Å². The lowest BCUT2D eigenvalue weighted by Gasteiger charge is -2.33. The lowest BCUT2D eigenvalue weighted by molar-refractivity contribution is -0.192. The first-order valence-electron chi connectivity index (χ1n) is 10.4. The number of fused-ring (bicyclic) bond motifs is 1. The summed E-state index contributed by atoms with van der Waals surface area (Å²) in [4.78, 5) is 15.8. The van der Waals surface area contributed by atoms with Gasteiger partial charge in [-0.15, -0.1) is 0 Å². The third kappa shape index (κ3) is 5.37. The summed E-state index contributed by atoms with van der Waals surface area (Å²) < 4.78 is 36.5. The molecule has 0 amide bonds. The molecule has 1 aromatic carbocycles. The Morgan fingerprint density at radius 2 is 2.03 bits per heavy atom. The molecule has 1 atom stereocenters. The van der Waals surface area contributed by atoms with Gasteiger partial charge in [-0.25, -0.2) is 9.78 Å². The van der Waals surface area contributed by atoms with E-state index in [1.807, 2.05) is 48.1 Å². The van der Waals surface area contributed by atoms with E-state index < -0.39 is 12.1 Å². The van der Waals surface area contributed by atoms with Gasteiger partial charge in [0.05, 0.1) is 23.9 Å². The molecule has 3 heterocycles. The van der Waals surface area contributed by atoms with Crippen LogP contribution in [0.2, 0.25) is 0 Å². The van der Waals surface area contributed by atoms with E-state index in [-0.39, 0.29) is 6.04 Å². The minimum Gasteiger partial charge on any atom is -0.475 e. The number of aliphatic carboxylic acids is 1. The molecule has 2 aromatic heterocycles. The Hall–Kier alpha value is -3.43. The van der Waals surface area contributed by atoms with Crippen molar-refractivity contribution >= 4 is 35.0 Å². The number of alkyl halides is 3. The number of nitriles is 1. The number of carboxylic acids is 1. The van der Waals surface area contributed by atoms with Crippen LogP contribution >= 0.6 is 12.2 Å². The molecule has 1 aliphatic heterocycles. The molecule has 12 heteroatoms. The van der Waals surface area contributed by atoms with Crippen molar-refractivity contribution < 1.29 is 23.1 Å². The fourth-order valence-electron chi connectivity index (χ4n) is 3.87. The fourth-order valence-corrected chi connectivity index (χ4v) is 4.12. The van der Waals surface area contributed by atoms with Crippen molar-refractivity contribution in [1.29, 1.82) is 5.26 Å². The summed E-state index contributed by atoms with van der Waals surface area (Å²) in [6.45, 7) is 2.34. The van der Waals surface area contributed by atoms with Crippen molar-refractivity contribution in [2.75, 3.05) is 18.0 Å². The summed E-state index contributed by atoms with van der Waals surface area (Å²) in [5, 5.41) is 16.6. The number of hydrogen-bond donors (Lipinski definition) is 2. The minimum atomic E-state index is -5.08. The Morgan fingerprint density at radius 3 is 2.65 bits per heavy atom. The zero-order valence-corrected chi connectivity index (χ0v) is 19.1. The van der Waals surface area contributed by atoms with Crippen LogP contribution in [0.3, 0.4) is 0 Å². The van der Waals surface area contributed by atoms with Gasteiger partial charge in [0.2, 0.25) is 0 Å². The highest BCUT2D eigenvalue weighted by Crippen LogP contribution is 2.30. The largest absolute Gasteiger partial charge is 0.490 e. The van der Waals surface area contributed by atoms with Crippen LogP contribution in [0.4, 0.5) is 18.9 Å². The van der Waals surface area contributed by atoms with E-state index in [0.717, 1.165) is 48.3 Å². The maximum absolute atomic E-state index is 10.6. The van der Waals surface area contributed by atoms with Crippen LogP contribution in [0.15, 0.2) is 36.5 Å². The highest BCUT2D eigenvalue weighted by atomic mass is 32.1. The smallest absolute Gasteiger partial charge is 0.475 e. The van der Waals surface area contributed by atoms with Gasteiger partial charge < -0.3 is 24.9 Å². The van der Waals surface area contributed by atoms with Gasteiger partial charge in [0.1, 0.15) is 5.52 Å². The van der Waals surface area contributed by atoms with Crippen molar-refractivity contribution in [1.82, 2.24) is 14.1 Å². The van der Waals surface area contributed by atoms with Crippen molar-refractivity contribution in [2.45, 2.75) is 31.6 Å². The molecule has 1 fully saturated rings. The number of nitrogens with zero attached hydrogens (tertiary/aromatic N) is 5. The number of hydrogen-bond acceptors (Lipinski definition) is 6. The Morgan fingerprint density at radius 1 is 1.35 bits per heavy atom. The van der Waals surface area contributed by atoms with Crippen molar-refractivity contribution in [3.05, 3.63) is 52.4 Å². The number of halogens is 3. The van der Waals surface area contributed by atoms with E-state index in [0.29, 0.717) is 16.9 Å². The summed E-state index contributed by atoms with van der Waals surface area (Å²) in [5.41, 5.74) is 10.8. The van der Waals surface area contributed by atoms with Crippen LogP contribution in [-0.4, -0.2) is 50.5 Å². The third-order valence-corrected chi connectivity index (χ3v) is 5.99. The number of anilines is 1. The Balaban J connectivity index is 0.000000406. The quantitative estimate of drug-likeness (QED) is 0.537.